The van der Waals surface area contributed by atoms with Crippen molar-refractivity contribution in [3.8, 4) is 0 Å². The molecule has 0 aromatic rings. The minimum Gasteiger partial charge on any atom is -3.00 e. The van der Waals surface area contributed by atoms with Crippen LogP contribution in [0.25, 0.3) is 12.3 Å². The van der Waals surface area contributed by atoms with Gasteiger partial charge in [0.1, 0.15) is 0 Å². The number of nitrogens with zero attached hydrogens (tertiary/aromatic N) is 2. The van der Waals surface area contributed by atoms with Crippen molar-refractivity contribution in [2.45, 2.75) is 0 Å². The maximum atomic E-state index is 0. The molecule has 0 aromatic heterocycles. The molecule has 0 aliphatic carbocycles. The molecule has 0 saturated carbocycles. The van der Waals surface area contributed by atoms with Crippen LogP contribution in [0.1, 0.15) is 0 Å². The van der Waals surface area contributed by atoms with Crippen LogP contribution in [0.4, 0.5) is 4.70 Å². The second-order valence-corrected chi connectivity index (χ2v) is 0. The molecule has 0 atom stereocenters. The molecule has 0 spiro atoms. The zero-order chi connectivity index (χ0) is 0. The Labute approximate surface area is 38.8 Å². The van der Waals surface area contributed by atoms with Crippen molar-refractivity contribution in [3.63, 3.8) is 0 Å². The van der Waals surface area contributed by atoms with E-state index in [1.807, 2.05) is 0 Å². The molecule has 0 aliphatic rings. The molecule has 0 N–H and O–H groups in total. The van der Waals surface area contributed by atoms with E-state index in [1.54, 1.807) is 0 Å². The summed E-state index contributed by atoms with van der Waals surface area (Å²) in [6, 6.07) is 0. The number of halogens is 1. The van der Waals surface area contributed by atoms with Gasteiger partial charge < -0.3 is 12.3 Å². The van der Waals surface area contributed by atoms with Gasteiger partial charge >= 0.3 is 21.1 Å². The average Bonchev–Trinajstić information content (AvgIpc) is 0. The van der Waals surface area contributed by atoms with Crippen molar-refractivity contribution in [1.29, 1.82) is 0 Å². The van der Waals surface area contributed by atoms with E-state index in [1.165, 1.54) is 0 Å². The molecular formula is HFN2W. The fourth-order valence-electron chi connectivity index (χ4n) is 0. The number of rotatable bonds is 0. The minimum absolute atomic E-state index is 0. The second-order valence-electron chi connectivity index (χ2n) is 0. The Morgan fingerprint density at radius 1 is 0.750 bits per heavy atom. The molecule has 4 heteroatoms. The van der Waals surface area contributed by atoms with Crippen molar-refractivity contribution in [3.05, 3.63) is 12.3 Å². The van der Waals surface area contributed by atoms with Crippen LogP contribution in [0.5, 0.6) is 0 Å². The topological polar surface area (TPSA) is 61.0 Å². The van der Waals surface area contributed by atoms with E-state index in [0.717, 1.165) is 0 Å². The van der Waals surface area contributed by atoms with Crippen LogP contribution in [0.2, 0.25) is 0 Å². The molecule has 0 saturated heterocycles. The third-order valence-corrected chi connectivity index (χ3v) is 0. The Bertz CT molecular complexity index is 6.00. The molecule has 0 aliphatic heterocycles. The van der Waals surface area contributed by atoms with E-state index in [0.29, 0.717) is 0 Å². The summed E-state index contributed by atoms with van der Waals surface area (Å²) in [5, 5.41) is 0. The summed E-state index contributed by atoms with van der Waals surface area (Å²) in [7, 11) is 0. The monoisotopic (exact) mass is 232 g/mol. The standard InChI is InChI=1S/FH.2N.W/h1H;;;/q;2*-3;+6. The zero-order valence-electron chi connectivity index (χ0n) is 1.71. The van der Waals surface area contributed by atoms with E-state index in [-0.39, 0.29) is 38.1 Å². The summed E-state index contributed by atoms with van der Waals surface area (Å²) in [5.41, 5.74) is 0. The molecule has 0 aromatic carbocycles. The van der Waals surface area contributed by atoms with Crippen LogP contribution in [0, 0.1) is 0 Å². The summed E-state index contributed by atoms with van der Waals surface area (Å²) in [5.74, 6) is 0. The Morgan fingerprint density at radius 2 is 0.750 bits per heavy atom. The van der Waals surface area contributed by atoms with Gasteiger partial charge in [-0.15, -0.1) is 0 Å². The van der Waals surface area contributed by atoms with Gasteiger partial charge in [-0.1, -0.05) is 0 Å². The molecule has 0 fully saturated rings. The first-order valence-corrected chi connectivity index (χ1v) is 0. The molecule has 0 heterocycles. The molecule has 2 nitrogen and oxygen atoms in total. The smallest absolute Gasteiger partial charge is 3.00 e. The largest absolute Gasteiger partial charge is 6.00 e. The fraction of sp³-hybridized carbons (Fsp3) is 0. The molecule has 0 rings (SSSR count). The van der Waals surface area contributed by atoms with Gasteiger partial charge in [-0.2, -0.15) is 0 Å². The van der Waals surface area contributed by atoms with Gasteiger partial charge in [0.2, 0.25) is 0 Å². The Kier molecular flexibility index (Phi) is 3860. The zero-order valence-corrected chi connectivity index (χ0v) is 4.64. The molecule has 0 unspecified atom stereocenters. The molecule has 4 heavy (non-hydrogen) atoms. The molecule has 0 amide bonds. The van der Waals surface area contributed by atoms with Gasteiger partial charge in [0.05, 0.1) is 0 Å². The van der Waals surface area contributed by atoms with E-state index >= 15 is 0 Å². The van der Waals surface area contributed by atoms with Crippen molar-refractivity contribution < 1.29 is 25.8 Å². The predicted octanol–water partition coefficient (Wildman–Crippen LogP) is 0.727. The normalized spacial score (nSPS) is 0. The SMILES string of the molecule is F.[N-3].[N-3].[W+6]. The number of hydrogen-bond acceptors (Lipinski definition) is 0. The van der Waals surface area contributed by atoms with Crippen molar-refractivity contribution in [1.82, 2.24) is 0 Å². The van der Waals surface area contributed by atoms with Crippen LogP contribution in [0.3, 0.4) is 0 Å². The number of hydrogen-bond donors (Lipinski definition) is 0. The summed E-state index contributed by atoms with van der Waals surface area (Å²) in [6.45, 7) is 0. The van der Waals surface area contributed by atoms with Crippen molar-refractivity contribution in [2.75, 3.05) is 0 Å². The van der Waals surface area contributed by atoms with Gasteiger partial charge in [0.15, 0.2) is 0 Å². The van der Waals surface area contributed by atoms with Crippen LogP contribution in [-0.2, 0) is 21.1 Å². The first-order valence-electron chi connectivity index (χ1n) is 0. The van der Waals surface area contributed by atoms with E-state index in [4.69, 9.17) is 0 Å². The first-order chi connectivity index (χ1) is 0. The third-order valence-electron chi connectivity index (χ3n) is 0. The van der Waals surface area contributed by atoms with Gasteiger partial charge in [-0.25, -0.2) is 0 Å². The minimum atomic E-state index is 0. The van der Waals surface area contributed by atoms with Crippen LogP contribution < -0.4 is 0 Å². The molecular weight excluding hydrogens is 231 g/mol. The summed E-state index contributed by atoms with van der Waals surface area (Å²) in [4.78, 5) is 0. The van der Waals surface area contributed by atoms with E-state index < -0.39 is 0 Å². The summed E-state index contributed by atoms with van der Waals surface area (Å²) >= 11 is 0. The van der Waals surface area contributed by atoms with Crippen molar-refractivity contribution >= 4 is 0 Å². The molecule has 0 bridgehead atoms. The molecule has 24 valence electrons. The first kappa shape index (κ1) is 196. The summed E-state index contributed by atoms with van der Waals surface area (Å²) < 4.78 is 0. The fourth-order valence-corrected chi connectivity index (χ4v) is 0. The van der Waals surface area contributed by atoms with Crippen LogP contribution >= 0.6 is 0 Å². The molecule has 0 radical (unpaired) electrons. The Morgan fingerprint density at radius 3 is 0.750 bits per heavy atom. The second kappa shape index (κ2) is 78.7. The van der Waals surface area contributed by atoms with Crippen molar-refractivity contribution in [2.24, 2.45) is 0 Å². The maximum absolute atomic E-state index is 0. The maximum Gasteiger partial charge on any atom is 6.00 e. The van der Waals surface area contributed by atoms with Crippen LogP contribution in [0.15, 0.2) is 0 Å². The van der Waals surface area contributed by atoms with Gasteiger partial charge in [-0.05, 0) is 0 Å². The van der Waals surface area contributed by atoms with Gasteiger partial charge in [0, 0.05) is 0 Å². The quantitative estimate of drug-likeness (QED) is 0.590. The van der Waals surface area contributed by atoms with E-state index in [9.17, 15) is 0 Å². The Hall–Kier alpha value is 0.538. The average molecular weight is 232 g/mol. The van der Waals surface area contributed by atoms with Gasteiger partial charge in [-0.3, -0.25) is 4.70 Å². The predicted molar refractivity (Wildman–Crippen MR) is 9.22 cm³/mol. The van der Waals surface area contributed by atoms with Gasteiger partial charge in [0.25, 0.3) is 0 Å². The summed E-state index contributed by atoms with van der Waals surface area (Å²) in [6.07, 6.45) is 0. The van der Waals surface area contributed by atoms with Crippen LogP contribution in [-0.4, -0.2) is 0 Å². The third kappa shape index (κ3) is 20.7. The van der Waals surface area contributed by atoms with E-state index in [2.05, 4.69) is 0 Å². The Balaban J connectivity index is 0.